The summed E-state index contributed by atoms with van der Waals surface area (Å²) in [6, 6.07) is 8.92. The molecule has 1 aromatic heterocycles. The summed E-state index contributed by atoms with van der Waals surface area (Å²) >= 11 is 1.37. The van der Waals surface area contributed by atoms with Gasteiger partial charge in [0.05, 0.1) is 15.9 Å². The van der Waals surface area contributed by atoms with Crippen molar-refractivity contribution < 1.29 is 16.4 Å². The van der Waals surface area contributed by atoms with Crippen molar-refractivity contribution in [2.45, 2.75) is 6.92 Å². The van der Waals surface area contributed by atoms with Gasteiger partial charge in [-0.2, -0.15) is 4.21 Å². The minimum atomic E-state index is -5.18. The van der Waals surface area contributed by atoms with Gasteiger partial charge in [-0.1, -0.05) is 7.77 Å². The average Bonchev–Trinajstić information content (AvgIpc) is 2.82. The Kier molecular flexibility index (Phi) is 3.65. The number of fused-ring (bicyclic) bond motifs is 1. The molecule has 3 nitrogen and oxygen atoms in total. The topological polar surface area (TPSA) is 42.3 Å². The minimum Gasteiger partial charge on any atom is -0.236 e. The van der Waals surface area contributed by atoms with Gasteiger partial charge in [0.15, 0.2) is 0 Å². The lowest BCUT2D eigenvalue weighted by atomic mass is 10.1. The first-order valence-electron chi connectivity index (χ1n) is 6.15. The molecule has 0 amide bonds. The van der Waals surface area contributed by atoms with Crippen molar-refractivity contribution in [2.24, 2.45) is 4.36 Å². The summed E-state index contributed by atoms with van der Waals surface area (Å²) in [6.45, 7) is 1.60. The molecule has 2 aromatic carbocycles. The third kappa shape index (κ3) is 3.12. The Balaban J connectivity index is 2.08. The van der Waals surface area contributed by atoms with E-state index in [1.807, 2.05) is 0 Å². The lowest BCUT2D eigenvalue weighted by Gasteiger charge is -2.02. The standard InChI is InChI=1S/C14H9F3N2OS2/c1-8-6-9(2-4-11(8)19-22(16,17)20)14-18-12-7-10(15)3-5-13(12)21-14/h2-7H,1H3. The van der Waals surface area contributed by atoms with Crippen molar-refractivity contribution >= 4 is 37.7 Å². The van der Waals surface area contributed by atoms with E-state index in [-0.39, 0.29) is 11.5 Å². The summed E-state index contributed by atoms with van der Waals surface area (Å²) in [4.78, 5) is 4.33. The summed E-state index contributed by atoms with van der Waals surface area (Å²) in [5, 5.41) is 0.650. The van der Waals surface area contributed by atoms with Crippen LogP contribution >= 0.6 is 11.3 Å². The second-order valence-corrected chi connectivity index (χ2v) is 6.63. The average molecular weight is 342 g/mol. The Morgan fingerprint density at radius 1 is 1.18 bits per heavy atom. The molecule has 114 valence electrons. The molecular weight excluding hydrogens is 333 g/mol. The lowest BCUT2D eigenvalue weighted by Crippen LogP contribution is -1.82. The van der Waals surface area contributed by atoms with Gasteiger partial charge in [0.25, 0.3) is 0 Å². The molecule has 0 N–H and O–H groups in total. The largest absolute Gasteiger partial charge is 0.371 e. The van der Waals surface area contributed by atoms with Crippen LogP contribution in [0.15, 0.2) is 40.8 Å². The maximum atomic E-state index is 13.2. The van der Waals surface area contributed by atoms with E-state index in [1.54, 1.807) is 25.1 Å². The number of benzene rings is 2. The molecule has 22 heavy (non-hydrogen) atoms. The van der Waals surface area contributed by atoms with Crippen LogP contribution in [0.4, 0.5) is 17.8 Å². The van der Waals surface area contributed by atoms with E-state index in [2.05, 4.69) is 9.35 Å². The van der Waals surface area contributed by atoms with Crippen LogP contribution in [-0.4, -0.2) is 9.19 Å². The monoisotopic (exact) mass is 342 g/mol. The highest BCUT2D eigenvalue weighted by atomic mass is 32.3. The van der Waals surface area contributed by atoms with Crippen LogP contribution < -0.4 is 0 Å². The number of hydrogen-bond acceptors (Lipinski definition) is 4. The zero-order valence-corrected chi connectivity index (χ0v) is 12.9. The van der Waals surface area contributed by atoms with E-state index in [0.717, 1.165) is 4.70 Å². The predicted molar refractivity (Wildman–Crippen MR) is 82.2 cm³/mol. The van der Waals surface area contributed by atoms with Gasteiger partial charge in [-0.25, -0.2) is 9.37 Å². The van der Waals surface area contributed by atoms with Gasteiger partial charge in [-0.3, -0.25) is 0 Å². The summed E-state index contributed by atoms with van der Waals surface area (Å²) in [7, 11) is -5.18. The quantitative estimate of drug-likeness (QED) is 0.595. The second kappa shape index (κ2) is 5.36. The minimum absolute atomic E-state index is 0.0223. The molecule has 0 fully saturated rings. The molecule has 3 rings (SSSR count). The summed E-state index contributed by atoms with van der Waals surface area (Å²) in [6.07, 6.45) is 0. The third-order valence-corrected chi connectivity index (χ3v) is 4.49. The smallest absolute Gasteiger partial charge is 0.236 e. The molecule has 0 atom stereocenters. The molecule has 0 aliphatic carbocycles. The zero-order valence-electron chi connectivity index (χ0n) is 11.2. The number of aromatic nitrogens is 1. The molecule has 0 saturated carbocycles. The fraction of sp³-hybridized carbons (Fsp3) is 0.0714. The van der Waals surface area contributed by atoms with Crippen molar-refractivity contribution in [1.29, 1.82) is 0 Å². The number of halogens is 3. The number of nitrogens with zero attached hydrogens (tertiary/aromatic N) is 2. The van der Waals surface area contributed by atoms with Crippen LogP contribution in [0.5, 0.6) is 0 Å². The molecule has 0 radical (unpaired) electrons. The highest BCUT2D eigenvalue weighted by Crippen LogP contribution is 2.33. The lowest BCUT2D eigenvalue weighted by molar-refractivity contribution is 0.588. The number of thiazole rings is 1. The Bertz CT molecular complexity index is 983. The van der Waals surface area contributed by atoms with Crippen LogP contribution in [0.3, 0.4) is 0 Å². The molecule has 0 saturated heterocycles. The third-order valence-electron chi connectivity index (χ3n) is 3.00. The maximum Gasteiger partial charge on any atom is 0.371 e. The molecule has 0 spiro atoms. The molecule has 1 heterocycles. The van der Waals surface area contributed by atoms with Crippen LogP contribution in [0.25, 0.3) is 20.8 Å². The summed E-state index contributed by atoms with van der Waals surface area (Å²) in [5.74, 6) is -0.365. The van der Waals surface area contributed by atoms with E-state index in [1.165, 1.54) is 29.5 Å². The van der Waals surface area contributed by atoms with Crippen LogP contribution in [0.2, 0.25) is 0 Å². The van der Waals surface area contributed by atoms with E-state index in [9.17, 15) is 16.4 Å². The molecule has 0 aliphatic heterocycles. The van der Waals surface area contributed by atoms with Crippen molar-refractivity contribution in [1.82, 2.24) is 4.98 Å². The molecule has 0 aliphatic rings. The van der Waals surface area contributed by atoms with Crippen LogP contribution in [-0.2, 0) is 10.5 Å². The molecule has 0 unspecified atom stereocenters. The Morgan fingerprint density at radius 2 is 1.95 bits per heavy atom. The van der Waals surface area contributed by atoms with E-state index in [4.69, 9.17) is 0 Å². The molecule has 8 heteroatoms. The first kappa shape index (κ1) is 15.0. The Hall–Kier alpha value is -1.93. The Morgan fingerprint density at radius 3 is 2.64 bits per heavy atom. The number of hydrogen-bond donors (Lipinski definition) is 0. The van der Waals surface area contributed by atoms with Crippen LogP contribution in [0.1, 0.15) is 5.56 Å². The van der Waals surface area contributed by atoms with Gasteiger partial charge in [0.1, 0.15) is 10.8 Å². The van der Waals surface area contributed by atoms with Crippen molar-refractivity contribution in [3.05, 3.63) is 47.8 Å². The maximum absolute atomic E-state index is 13.2. The summed E-state index contributed by atoms with van der Waals surface area (Å²) in [5.41, 5.74) is 1.70. The highest BCUT2D eigenvalue weighted by Gasteiger charge is 2.10. The zero-order chi connectivity index (χ0) is 15.9. The second-order valence-electron chi connectivity index (χ2n) is 4.62. The normalized spacial score (nSPS) is 11.8. The first-order valence-corrected chi connectivity index (χ1v) is 8.28. The molecule has 0 bridgehead atoms. The number of aryl methyl sites for hydroxylation is 1. The van der Waals surface area contributed by atoms with Gasteiger partial charge < -0.3 is 0 Å². The van der Waals surface area contributed by atoms with Crippen LogP contribution in [0, 0.1) is 12.7 Å². The van der Waals surface area contributed by atoms with E-state index < -0.39 is 10.5 Å². The fourth-order valence-electron chi connectivity index (χ4n) is 2.03. The van der Waals surface area contributed by atoms with Crippen molar-refractivity contribution in [3.63, 3.8) is 0 Å². The van der Waals surface area contributed by atoms with E-state index in [0.29, 0.717) is 21.7 Å². The summed E-state index contributed by atoms with van der Waals surface area (Å²) < 4.78 is 52.4. The SMILES string of the molecule is Cc1cc(-c2nc3cc(F)ccc3s2)ccc1N=S(=O)(F)F. The molecular formula is C14H9F3N2OS2. The Labute approximate surface area is 129 Å². The van der Waals surface area contributed by atoms with Gasteiger partial charge >= 0.3 is 10.5 Å². The predicted octanol–water partition coefficient (Wildman–Crippen LogP) is 5.28. The molecule has 3 aromatic rings. The van der Waals surface area contributed by atoms with Gasteiger partial charge in [-0.05, 0) is 42.8 Å². The fourth-order valence-corrected chi connectivity index (χ4v) is 3.41. The van der Waals surface area contributed by atoms with Crippen molar-refractivity contribution in [3.8, 4) is 10.6 Å². The van der Waals surface area contributed by atoms with Gasteiger partial charge in [0.2, 0.25) is 0 Å². The van der Waals surface area contributed by atoms with Crippen molar-refractivity contribution in [2.75, 3.05) is 0 Å². The van der Waals surface area contributed by atoms with Gasteiger partial charge in [0, 0.05) is 11.6 Å². The van der Waals surface area contributed by atoms with Gasteiger partial charge in [-0.15, -0.1) is 15.7 Å². The number of rotatable bonds is 2. The highest BCUT2D eigenvalue weighted by molar-refractivity contribution is 7.83. The first-order chi connectivity index (χ1) is 10.3. The van der Waals surface area contributed by atoms with E-state index >= 15 is 0 Å².